The fourth-order valence-electron chi connectivity index (χ4n) is 0.718. The van der Waals surface area contributed by atoms with Gasteiger partial charge in [-0.25, -0.2) is 0 Å². The van der Waals surface area contributed by atoms with Crippen LogP contribution in [0.2, 0.25) is 5.02 Å². The monoisotopic (exact) mass is 188 g/mol. The van der Waals surface area contributed by atoms with Crippen LogP contribution in [-0.4, -0.2) is 10.7 Å². The van der Waals surface area contributed by atoms with Crippen molar-refractivity contribution < 1.29 is 0 Å². The van der Waals surface area contributed by atoms with Gasteiger partial charge >= 0.3 is 0 Å². The molecule has 0 aliphatic heterocycles. The van der Waals surface area contributed by atoms with Gasteiger partial charge in [0.25, 0.3) is 0 Å². The van der Waals surface area contributed by atoms with Crippen molar-refractivity contribution in [3.63, 3.8) is 0 Å². The van der Waals surface area contributed by atoms with E-state index in [-0.39, 0.29) is 0 Å². The lowest BCUT2D eigenvalue weighted by molar-refractivity contribution is 1.05. The predicted octanol–water partition coefficient (Wildman–Crippen LogP) is 1.88. The van der Waals surface area contributed by atoms with Crippen molar-refractivity contribution in [2.45, 2.75) is 6.42 Å². The molecule has 0 aromatic carbocycles. The summed E-state index contributed by atoms with van der Waals surface area (Å²) in [5, 5.41) is 5.94. The molecular formula is C7H9ClN2S. The summed E-state index contributed by atoms with van der Waals surface area (Å²) in [4.78, 5) is 4.11. The zero-order chi connectivity index (χ0) is 8.10. The Morgan fingerprint density at radius 2 is 2.36 bits per heavy atom. The molecule has 1 aromatic heterocycles. The zero-order valence-corrected chi connectivity index (χ0v) is 7.53. The molecule has 0 spiro atoms. The summed E-state index contributed by atoms with van der Waals surface area (Å²) in [7, 11) is 0. The summed E-state index contributed by atoms with van der Waals surface area (Å²) < 4.78 is 0. The van der Waals surface area contributed by atoms with Gasteiger partial charge in [0, 0.05) is 17.6 Å². The van der Waals surface area contributed by atoms with Gasteiger partial charge in [-0.3, -0.25) is 10.1 Å². The minimum atomic E-state index is 0.675. The molecule has 2 nitrogen and oxygen atoms in total. The summed E-state index contributed by atoms with van der Waals surface area (Å²) in [5.74, 6) is 0.897. The van der Waals surface area contributed by atoms with Gasteiger partial charge in [-0.1, -0.05) is 23.5 Å². The summed E-state index contributed by atoms with van der Waals surface area (Å²) in [5.41, 5.74) is 1.03. The van der Waals surface area contributed by atoms with Crippen LogP contribution in [0.3, 0.4) is 0 Å². The van der Waals surface area contributed by atoms with E-state index in [0.717, 1.165) is 17.9 Å². The average molecular weight is 189 g/mol. The third-order valence-electron chi connectivity index (χ3n) is 1.26. The SMILES string of the molecule is NSCCc1ccc(Cl)cn1. The number of nitrogens with zero attached hydrogens (tertiary/aromatic N) is 1. The molecule has 0 unspecified atom stereocenters. The number of hydrogen-bond acceptors (Lipinski definition) is 3. The van der Waals surface area contributed by atoms with Gasteiger partial charge in [0.1, 0.15) is 0 Å². The summed E-state index contributed by atoms with van der Waals surface area (Å²) in [6.07, 6.45) is 2.55. The van der Waals surface area contributed by atoms with Crippen molar-refractivity contribution in [1.82, 2.24) is 4.98 Å². The van der Waals surface area contributed by atoms with Crippen LogP contribution in [0.25, 0.3) is 0 Å². The second-order valence-corrected chi connectivity index (χ2v) is 3.27. The van der Waals surface area contributed by atoms with Crippen LogP contribution in [0.4, 0.5) is 0 Å². The normalized spacial score (nSPS) is 10.0. The number of aryl methyl sites for hydroxylation is 1. The molecule has 0 amide bonds. The molecule has 0 atom stereocenters. The summed E-state index contributed by atoms with van der Waals surface area (Å²) in [6, 6.07) is 3.75. The highest BCUT2D eigenvalue weighted by Gasteiger charge is 1.93. The molecule has 1 heterocycles. The number of nitrogens with two attached hydrogens (primary N) is 1. The minimum Gasteiger partial charge on any atom is -0.278 e. The third-order valence-corrected chi connectivity index (χ3v) is 1.93. The average Bonchev–Trinajstić information content (AvgIpc) is 2.04. The molecule has 4 heteroatoms. The maximum Gasteiger partial charge on any atom is 0.0589 e. The molecule has 11 heavy (non-hydrogen) atoms. The molecule has 0 fully saturated rings. The lowest BCUT2D eigenvalue weighted by Crippen LogP contribution is -1.93. The van der Waals surface area contributed by atoms with E-state index in [1.54, 1.807) is 6.20 Å². The van der Waals surface area contributed by atoms with Crippen molar-refractivity contribution in [2.24, 2.45) is 5.14 Å². The molecule has 1 aromatic rings. The number of pyridine rings is 1. The fraction of sp³-hybridized carbons (Fsp3) is 0.286. The smallest absolute Gasteiger partial charge is 0.0589 e. The van der Waals surface area contributed by atoms with E-state index in [0.29, 0.717) is 5.02 Å². The maximum absolute atomic E-state index is 5.65. The van der Waals surface area contributed by atoms with Crippen LogP contribution in [0.15, 0.2) is 18.3 Å². The Balaban J connectivity index is 2.52. The summed E-state index contributed by atoms with van der Waals surface area (Å²) in [6.45, 7) is 0. The van der Waals surface area contributed by atoms with Crippen molar-refractivity contribution in [3.05, 3.63) is 29.0 Å². The Kier molecular flexibility index (Phi) is 3.69. The number of rotatable bonds is 3. The predicted molar refractivity (Wildman–Crippen MR) is 49.6 cm³/mol. The standard InChI is InChI=1S/C7H9ClN2S/c8-6-1-2-7(10-5-6)3-4-11-9/h1-2,5H,3-4,9H2. The van der Waals surface area contributed by atoms with Crippen LogP contribution < -0.4 is 5.14 Å². The third kappa shape index (κ3) is 3.10. The van der Waals surface area contributed by atoms with Gasteiger partial charge in [-0.05, 0) is 18.6 Å². The van der Waals surface area contributed by atoms with Gasteiger partial charge in [0.05, 0.1) is 5.02 Å². The van der Waals surface area contributed by atoms with E-state index in [2.05, 4.69) is 4.98 Å². The van der Waals surface area contributed by atoms with E-state index in [4.69, 9.17) is 16.7 Å². The van der Waals surface area contributed by atoms with Crippen LogP contribution in [-0.2, 0) is 6.42 Å². The maximum atomic E-state index is 5.65. The van der Waals surface area contributed by atoms with Crippen molar-refractivity contribution >= 4 is 23.5 Å². The van der Waals surface area contributed by atoms with E-state index >= 15 is 0 Å². The molecule has 0 radical (unpaired) electrons. The molecule has 60 valence electrons. The summed E-state index contributed by atoms with van der Waals surface area (Å²) >= 11 is 6.98. The number of halogens is 1. The number of aromatic nitrogens is 1. The van der Waals surface area contributed by atoms with Gasteiger partial charge < -0.3 is 0 Å². The van der Waals surface area contributed by atoms with Gasteiger partial charge in [-0.15, -0.1) is 0 Å². The van der Waals surface area contributed by atoms with Gasteiger partial charge in [0.2, 0.25) is 0 Å². The Hall–Kier alpha value is -0.250. The second kappa shape index (κ2) is 4.59. The first-order valence-electron chi connectivity index (χ1n) is 3.25. The van der Waals surface area contributed by atoms with Gasteiger partial charge in [-0.2, -0.15) is 0 Å². The minimum absolute atomic E-state index is 0.675. The second-order valence-electron chi connectivity index (χ2n) is 2.09. The molecular weight excluding hydrogens is 180 g/mol. The quantitative estimate of drug-likeness (QED) is 0.737. The molecule has 2 N–H and O–H groups in total. The largest absolute Gasteiger partial charge is 0.278 e. The molecule has 0 aliphatic carbocycles. The van der Waals surface area contributed by atoms with Gasteiger partial charge in [0.15, 0.2) is 0 Å². The van der Waals surface area contributed by atoms with E-state index in [1.165, 1.54) is 11.9 Å². The van der Waals surface area contributed by atoms with E-state index < -0.39 is 0 Å². The highest BCUT2D eigenvalue weighted by Crippen LogP contribution is 2.07. The van der Waals surface area contributed by atoms with Crippen LogP contribution in [0.5, 0.6) is 0 Å². The van der Waals surface area contributed by atoms with E-state index in [1.807, 2.05) is 12.1 Å². The van der Waals surface area contributed by atoms with Crippen molar-refractivity contribution in [3.8, 4) is 0 Å². The molecule has 1 rings (SSSR count). The van der Waals surface area contributed by atoms with Crippen molar-refractivity contribution in [2.75, 3.05) is 5.75 Å². The first-order chi connectivity index (χ1) is 5.33. The molecule has 0 saturated carbocycles. The molecule has 0 saturated heterocycles. The van der Waals surface area contributed by atoms with Crippen molar-refractivity contribution in [1.29, 1.82) is 0 Å². The Bertz CT molecular complexity index is 212. The molecule has 0 aliphatic rings. The number of hydrogen-bond donors (Lipinski definition) is 1. The lowest BCUT2D eigenvalue weighted by Gasteiger charge is -1.96. The van der Waals surface area contributed by atoms with Crippen LogP contribution in [0, 0.1) is 0 Å². The lowest BCUT2D eigenvalue weighted by atomic mass is 10.3. The first-order valence-corrected chi connectivity index (χ1v) is 4.67. The highest BCUT2D eigenvalue weighted by molar-refractivity contribution is 7.97. The zero-order valence-electron chi connectivity index (χ0n) is 5.96. The Morgan fingerprint density at radius 1 is 1.55 bits per heavy atom. The van der Waals surface area contributed by atoms with Crippen LogP contribution in [0.1, 0.15) is 5.69 Å². The Labute approximate surface area is 75.3 Å². The van der Waals surface area contributed by atoms with Crippen LogP contribution >= 0.6 is 23.5 Å². The topological polar surface area (TPSA) is 38.9 Å². The molecule has 0 bridgehead atoms. The fourth-order valence-corrected chi connectivity index (χ4v) is 1.16. The Morgan fingerprint density at radius 3 is 2.91 bits per heavy atom. The highest BCUT2D eigenvalue weighted by atomic mass is 35.5. The first kappa shape index (κ1) is 8.84. The van der Waals surface area contributed by atoms with E-state index in [9.17, 15) is 0 Å².